The minimum Gasteiger partial charge on any atom is -0.308 e. The maximum atomic E-state index is 5.56. The van der Waals surface area contributed by atoms with E-state index in [0.717, 1.165) is 6.54 Å². The smallest absolute Gasteiger partial charge is 0.0337 e. The molecule has 0 amide bonds. The Morgan fingerprint density at radius 2 is 1.32 bits per heavy atom. The molecule has 0 radical (unpaired) electrons. The van der Waals surface area contributed by atoms with Crippen molar-refractivity contribution in [2.45, 2.75) is 83.6 Å². The van der Waals surface area contributed by atoms with E-state index in [1.165, 1.54) is 70.6 Å². The van der Waals surface area contributed by atoms with Crippen LogP contribution in [-0.2, 0) is 0 Å². The van der Waals surface area contributed by atoms with Crippen molar-refractivity contribution in [1.82, 2.24) is 10.3 Å². The Kier molecular flexibility index (Phi) is 14.2. The van der Waals surface area contributed by atoms with Gasteiger partial charge < -0.3 is 4.90 Å². The van der Waals surface area contributed by atoms with E-state index in [2.05, 4.69) is 31.3 Å². The van der Waals surface area contributed by atoms with Crippen LogP contribution in [0.1, 0.15) is 77.6 Å². The number of likely N-dealkylation sites (N-methyl/N-ethyl adjacent to an activating group) is 1. The van der Waals surface area contributed by atoms with E-state index in [0.29, 0.717) is 6.04 Å². The number of nitrogens with two attached hydrogens (primary N) is 1. The molecule has 0 saturated heterocycles. The Hall–Kier alpha value is -0.120. The number of hydrazine groups is 1. The third-order valence-corrected chi connectivity index (χ3v) is 3.73. The summed E-state index contributed by atoms with van der Waals surface area (Å²) in [4.78, 5) is 2.20. The summed E-state index contributed by atoms with van der Waals surface area (Å²) in [5, 5.41) is 0. The monoisotopic (exact) mass is 271 g/mol. The SMILES string of the molecule is CCCCCCCCCCCCC(CN(C)C)NN. The quantitative estimate of drug-likeness (QED) is 0.288. The van der Waals surface area contributed by atoms with Crippen molar-refractivity contribution in [2.24, 2.45) is 5.84 Å². The summed E-state index contributed by atoms with van der Waals surface area (Å²) in [5.74, 6) is 5.56. The second-order valence-electron chi connectivity index (χ2n) is 6.10. The van der Waals surface area contributed by atoms with E-state index in [4.69, 9.17) is 5.84 Å². The molecule has 0 aliphatic rings. The number of hydrogen-bond acceptors (Lipinski definition) is 3. The number of nitrogens with one attached hydrogen (secondary N) is 1. The second-order valence-corrected chi connectivity index (χ2v) is 6.10. The highest BCUT2D eigenvalue weighted by atomic mass is 15.3. The zero-order valence-electron chi connectivity index (χ0n) is 13.6. The second kappa shape index (κ2) is 14.3. The van der Waals surface area contributed by atoms with Gasteiger partial charge in [-0.1, -0.05) is 71.1 Å². The van der Waals surface area contributed by atoms with Gasteiger partial charge in [-0.05, 0) is 20.5 Å². The van der Waals surface area contributed by atoms with Crippen LogP contribution in [0.25, 0.3) is 0 Å². The molecule has 0 heterocycles. The number of hydrogen-bond donors (Lipinski definition) is 2. The summed E-state index contributed by atoms with van der Waals surface area (Å²) in [6.07, 6.45) is 15.2. The molecule has 0 aromatic rings. The first-order valence-corrected chi connectivity index (χ1v) is 8.31. The average Bonchev–Trinajstić information content (AvgIpc) is 2.39. The standard InChI is InChI=1S/C16H37N3/c1-4-5-6-7-8-9-10-11-12-13-14-16(18-17)15-19(2)3/h16,18H,4-15,17H2,1-3H3. The molecule has 1 unspecified atom stereocenters. The Balaban J connectivity index is 3.21. The highest BCUT2D eigenvalue weighted by Gasteiger charge is 2.06. The highest BCUT2D eigenvalue weighted by Crippen LogP contribution is 2.12. The van der Waals surface area contributed by atoms with Gasteiger partial charge in [0.15, 0.2) is 0 Å². The van der Waals surface area contributed by atoms with Crippen molar-refractivity contribution in [2.75, 3.05) is 20.6 Å². The van der Waals surface area contributed by atoms with Crippen LogP contribution in [0.3, 0.4) is 0 Å². The van der Waals surface area contributed by atoms with Crippen molar-refractivity contribution in [1.29, 1.82) is 0 Å². The van der Waals surface area contributed by atoms with Crippen molar-refractivity contribution in [3.05, 3.63) is 0 Å². The van der Waals surface area contributed by atoms with Crippen molar-refractivity contribution in [3.63, 3.8) is 0 Å². The van der Waals surface area contributed by atoms with Crippen LogP contribution in [0.2, 0.25) is 0 Å². The van der Waals surface area contributed by atoms with Crippen molar-refractivity contribution < 1.29 is 0 Å². The van der Waals surface area contributed by atoms with Gasteiger partial charge in [0.1, 0.15) is 0 Å². The summed E-state index contributed by atoms with van der Waals surface area (Å²) in [6.45, 7) is 3.31. The lowest BCUT2D eigenvalue weighted by atomic mass is 10.0. The maximum absolute atomic E-state index is 5.56. The number of unbranched alkanes of at least 4 members (excludes halogenated alkanes) is 9. The molecule has 1 atom stereocenters. The molecular weight excluding hydrogens is 234 g/mol. The molecular formula is C16H37N3. The Morgan fingerprint density at radius 1 is 0.842 bits per heavy atom. The molecule has 3 nitrogen and oxygen atoms in total. The van der Waals surface area contributed by atoms with Gasteiger partial charge in [0.25, 0.3) is 0 Å². The molecule has 0 aromatic carbocycles. The first kappa shape index (κ1) is 18.9. The van der Waals surface area contributed by atoms with E-state index in [1.54, 1.807) is 0 Å². The maximum Gasteiger partial charge on any atom is 0.0337 e. The molecule has 116 valence electrons. The van der Waals surface area contributed by atoms with Gasteiger partial charge in [-0.15, -0.1) is 0 Å². The molecule has 0 saturated carbocycles. The summed E-state index contributed by atoms with van der Waals surface area (Å²) >= 11 is 0. The third-order valence-electron chi connectivity index (χ3n) is 3.73. The average molecular weight is 271 g/mol. The molecule has 3 heteroatoms. The van der Waals surface area contributed by atoms with E-state index < -0.39 is 0 Å². The molecule has 0 fully saturated rings. The van der Waals surface area contributed by atoms with E-state index in [-0.39, 0.29) is 0 Å². The normalized spacial score (nSPS) is 13.1. The van der Waals surface area contributed by atoms with E-state index in [1.807, 2.05) is 0 Å². The predicted octanol–water partition coefficient (Wildman–Crippen LogP) is 3.69. The third kappa shape index (κ3) is 14.1. The Morgan fingerprint density at radius 3 is 1.74 bits per heavy atom. The fourth-order valence-corrected chi connectivity index (χ4v) is 2.55. The minimum atomic E-state index is 0.448. The zero-order chi connectivity index (χ0) is 14.3. The van der Waals surface area contributed by atoms with Crippen LogP contribution in [-0.4, -0.2) is 31.6 Å². The van der Waals surface area contributed by atoms with Crippen LogP contribution < -0.4 is 11.3 Å². The highest BCUT2D eigenvalue weighted by molar-refractivity contribution is 4.66. The molecule has 0 aliphatic heterocycles. The van der Waals surface area contributed by atoms with E-state index in [9.17, 15) is 0 Å². The molecule has 0 aromatic heterocycles. The molecule has 0 spiro atoms. The van der Waals surface area contributed by atoms with Gasteiger partial charge in [0.05, 0.1) is 0 Å². The summed E-state index contributed by atoms with van der Waals surface area (Å²) in [7, 11) is 4.20. The topological polar surface area (TPSA) is 41.3 Å². The van der Waals surface area contributed by atoms with Crippen LogP contribution in [0.4, 0.5) is 0 Å². The summed E-state index contributed by atoms with van der Waals surface area (Å²) in [5.41, 5.74) is 2.92. The van der Waals surface area contributed by atoms with Gasteiger partial charge in [0.2, 0.25) is 0 Å². The fourth-order valence-electron chi connectivity index (χ4n) is 2.55. The van der Waals surface area contributed by atoms with Gasteiger partial charge in [-0.25, -0.2) is 0 Å². The van der Waals surface area contributed by atoms with Crippen LogP contribution in [0, 0.1) is 0 Å². The first-order chi connectivity index (χ1) is 9.20. The van der Waals surface area contributed by atoms with Crippen LogP contribution >= 0.6 is 0 Å². The molecule has 0 rings (SSSR count). The summed E-state index contributed by atoms with van der Waals surface area (Å²) < 4.78 is 0. The Labute approximate surface area is 121 Å². The molecule has 0 bridgehead atoms. The van der Waals surface area contributed by atoms with Gasteiger partial charge in [-0.3, -0.25) is 11.3 Å². The lowest BCUT2D eigenvalue weighted by Gasteiger charge is -2.19. The lowest BCUT2D eigenvalue weighted by molar-refractivity contribution is 0.322. The number of rotatable bonds is 14. The van der Waals surface area contributed by atoms with Crippen LogP contribution in [0.5, 0.6) is 0 Å². The van der Waals surface area contributed by atoms with Crippen molar-refractivity contribution in [3.8, 4) is 0 Å². The fraction of sp³-hybridized carbons (Fsp3) is 1.00. The van der Waals surface area contributed by atoms with Crippen LogP contribution in [0.15, 0.2) is 0 Å². The lowest BCUT2D eigenvalue weighted by Crippen LogP contribution is -2.42. The molecule has 0 aliphatic carbocycles. The molecule has 19 heavy (non-hydrogen) atoms. The summed E-state index contributed by atoms with van der Waals surface area (Å²) in [6, 6.07) is 0.448. The van der Waals surface area contributed by atoms with Gasteiger partial charge in [-0.2, -0.15) is 0 Å². The zero-order valence-corrected chi connectivity index (χ0v) is 13.6. The van der Waals surface area contributed by atoms with Gasteiger partial charge in [0, 0.05) is 12.6 Å². The van der Waals surface area contributed by atoms with Crippen molar-refractivity contribution >= 4 is 0 Å². The Bertz CT molecular complexity index is 171. The number of nitrogens with zero attached hydrogens (tertiary/aromatic N) is 1. The van der Waals surface area contributed by atoms with Gasteiger partial charge >= 0.3 is 0 Å². The minimum absolute atomic E-state index is 0.448. The molecule has 3 N–H and O–H groups in total. The van der Waals surface area contributed by atoms with E-state index >= 15 is 0 Å². The largest absolute Gasteiger partial charge is 0.308 e. The predicted molar refractivity (Wildman–Crippen MR) is 86.1 cm³/mol. The first-order valence-electron chi connectivity index (χ1n) is 8.31.